The van der Waals surface area contributed by atoms with E-state index < -0.39 is 0 Å². The number of hydrogen-bond acceptors (Lipinski definition) is 5. The minimum atomic E-state index is -0.110. The van der Waals surface area contributed by atoms with E-state index in [1.54, 1.807) is 6.20 Å². The minimum absolute atomic E-state index is 0.110. The van der Waals surface area contributed by atoms with Gasteiger partial charge in [0.15, 0.2) is 5.13 Å². The summed E-state index contributed by atoms with van der Waals surface area (Å²) in [6.07, 6.45) is 4.16. The SMILES string of the molecule is CC(=O)Nc1nc(C)c(-c2ccnc(C3CC3)n2)s1. The Bertz CT molecular complexity index is 633. The molecule has 1 aliphatic rings. The fraction of sp³-hybridized carbons (Fsp3) is 0.385. The van der Waals surface area contributed by atoms with E-state index in [-0.39, 0.29) is 5.91 Å². The lowest BCUT2D eigenvalue weighted by Crippen LogP contribution is -2.04. The van der Waals surface area contributed by atoms with Crippen molar-refractivity contribution >= 4 is 22.4 Å². The zero-order valence-electron chi connectivity index (χ0n) is 10.8. The monoisotopic (exact) mass is 274 g/mol. The Morgan fingerprint density at radius 1 is 1.42 bits per heavy atom. The first-order valence-corrected chi connectivity index (χ1v) is 7.03. The van der Waals surface area contributed by atoms with E-state index >= 15 is 0 Å². The summed E-state index contributed by atoms with van der Waals surface area (Å²) in [4.78, 5) is 25.3. The van der Waals surface area contributed by atoms with Gasteiger partial charge in [0.2, 0.25) is 5.91 Å². The van der Waals surface area contributed by atoms with Gasteiger partial charge in [-0.15, -0.1) is 0 Å². The Morgan fingerprint density at radius 2 is 2.21 bits per heavy atom. The standard InChI is InChI=1S/C13H14N4OS/c1-7-11(19-13(15-7)16-8(2)18)10-5-6-14-12(17-10)9-3-4-9/h5-6,9H,3-4H2,1-2H3,(H,15,16,18). The van der Waals surface area contributed by atoms with Crippen LogP contribution in [0.2, 0.25) is 0 Å². The maximum absolute atomic E-state index is 11.1. The van der Waals surface area contributed by atoms with Crippen LogP contribution in [0.3, 0.4) is 0 Å². The third-order valence-corrected chi connectivity index (χ3v) is 4.02. The average Bonchev–Trinajstić information content (AvgIpc) is 3.14. The highest BCUT2D eigenvalue weighted by atomic mass is 32.1. The van der Waals surface area contributed by atoms with Crippen LogP contribution in [0, 0.1) is 6.92 Å². The van der Waals surface area contributed by atoms with Crippen molar-refractivity contribution in [1.29, 1.82) is 0 Å². The highest BCUT2D eigenvalue weighted by molar-refractivity contribution is 7.19. The summed E-state index contributed by atoms with van der Waals surface area (Å²) in [6, 6.07) is 1.89. The van der Waals surface area contributed by atoms with Crippen molar-refractivity contribution in [2.75, 3.05) is 5.32 Å². The second kappa shape index (κ2) is 4.70. The van der Waals surface area contributed by atoms with Gasteiger partial charge in [0.1, 0.15) is 5.82 Å². The number of thiazole rings is 1. The molecule has 1 N–H and O–H groups in total. The Hall–Kier alpha value is -1.82. The fourth-order valence-corrected chi connectivity index (χ4v) is 2.86. The number of amides is 1. The molecule has 0 aliphatic heterocycles. The molecular weight excluding hydrogens is 260 g/mol. The van der Waals surface area contributed by atoms with Crippen molar-refractivity contribution in [3.05, 3.63) is 23.8 Å². The van der Waals surface area contributed by atoms with E-state index in [2.05, 4.69) is 20.3 Å². The normalized spacial score (nSPS) is 14.4. The summed E-state index contributed by atoms with van der Waals surface area (Å²) in [5, 5.41) is 3.33. The van der Waals surface area contributed by atoms with Crippen LogP contribution in [0.4, 0.5) is 5.13 Å². The highest BCUT2D eigenvalue weighted by Crippen LogP contribution is 2.39. The number of anilines is 1. The molecular formula is C13H14N4OS. The van der Waals surface area contributed by atoms with Gasteiger partial charge >= 0.3 is 0 Å². The topological polar surface area (TPSA) is 67.8 Å². The largest absolute Gasteiger partial charge is 0.302 e. The van der Waals surface area contributed by atoms with Crippen molar-refractivity contribution in [1.82, 2.24) is 15.0 Å². The molecule has 0 saturated heterocycles. The summed E-state index contributed by atoms with van der Waals surface area (Å²) in [7, 11) is 0. The van der Waals surface area contributed by atoms with Gasteiger partial charge in [-0.2, -0.15) is 0 Å². The summed E-state index contributed by atoms with van der Waals surface area (Å²) in [6.45, 7) is 3.41. The number of aromatic nitrogens is 3. The lowest BCUT2D eigenvalue weighted by atomic mass is 10.3. The molecule has 98 valence electrons. The molecule has 5 nitrogen and oxygen atoms in total. The summed E-state index contributed by atoms with van der Waals surface area (Å²) in [5.41, 5.74) is 1.78. The first kappa shape index (κ1) is 12.2. The second-order valence-corrected chi connectivity index (χ2v) is 5.69. The second-order valence-electron chi connectivity index (χ2n) is 4.69. The number of hydrogen-bond donors (Lipinski definition) is 1. The first-order valence-electron chi connectivity index (χ1n) is 6.22. The van der Waals surface area contributed by atoms with Crippen LogP contribution in [0.25, 0.3) is 10.6 Å². The predicted octanol–water partition coefficient (Wildman–Crippen LogP) is 2.74. The Labute approximate surface area is 115 Å². The third kappa shape index (κ3) is 2.63. The van der Waals surface area contributed by atoms with Crippen LogP contribution in [0.15, 0.2) is 12.3 Å². The first-order chi connectivity index (χ1) is 9.13. The third-order valence-electron chi connectivity index (χ3n) is 2.93. The van der Waals surface area contributed by atoms with Gasteiger partial charge in [-0.05, 0) is 25.8 Å². The molecule has 0 atom stereocenters. The number of nitrogens with one attached hydrogen (secondary N) is 1. The molecule has 0 radical (unpaired) electrons. The van der Waals surface area contributed by atoms with Crippen molar-refractivity contribution in [3.63, 3.8) is 0 Å². The molecule has 3 rings (SSSR count). The van der Waals surface area contributed by atoms with Crippen LogP contribution in [-0.2, 0) is 4.79 Å². The van der Waals surface area contributed by atoms with Crippen molar-refractivity contribution in [3.8, 4) is 10.6 Å². The van der Waals surface area contributed by atoms with Crippen molar-refractivity contribution < 1.29 is 4.79 Å². The van der Waals surface area contributed by atoms with Gasteiger partial charge in [-0.1, -0.05) is 11.3 Å². The summed E-state index contributed by atoms with van der Waals surface area (Å²) in [5.74, 6) is 1.34. The Balaban J connectivity index is 1.94. The van der Waals surface area contributed by atoms with E-state index in [0.717, 1.165) is 22.1 Å². The molecule has 1 fully saturated rings. The number of rotatable bonds is 3. The fourth-order valence-electron chi connectivity index (χ4n) is 1.88. The van der Waals surface area contributed by atoms with Crippen molar-refractivity contribution in [2.24, 2.45) is 0 Å². The smallest absolute Gasteiger partial charge is 0.223 e. The minimum Gasteiger partial charge on any atom is -0.302 e. The van der Waals surface area contributed by atoms with Gasteiger partial charge < -0.3 is 5.32 Å². The molecule has 2 heterocycles. The predicted molar refractivity (Wildman–Crippen MR) is 74.2 cm³/mol. The van der Waals surface area contributed by atoms with E-state index in [0.29, 0.717) is 11.0 Å². The Kier molecular flexibility index (Phi) is 3.02. The van der Waals surface area contributed by atoms with E-state index in [1.165, 1.54) is 31.1 Å². The zero-order chi connectivity index (χ0) is 13.4. The van der Waals surface area contributed by atoms with E-state index in [4.69, 9.17) is 0 Å². The maximum Gasteiger partial charge on any atom is 0.223 e. The lowest BCUT2D eigenvalue weighted by Gasteiger charge is -2.00. The van der Waals surface area contributed by atoms with Crippen LogP contribution in [0.5, 0.6) is 0 Å². The van der Waals surface area contributed by atoms with Gasteiger partial charge in [0, 0.05) is 19.0 Å². The number of carbonyl (C=O) groups is 1. The number of nitrogens with zero attached hydrogens (tertiary/aromatic N) is 3. The van der Waals surface area contributed by atoms with Gasteiger partial charge in [0.05, 0.1) is 16.3 Å². The maximum atomic E-state index is 11.1. The van der Waals surface area contributed by atoms with E-state index in [1.807, 2.05) is 13.0 Å². The van der Waals surface area contributed by atoms with Gasteiger partial charge in [-0.25, -0.2) is 15.0 Å². The van der Waals surface area contributed by atoms with Crippen LogP contribution in [-0.4, -0.2) is 20.9 Å². The highest BCUT2D eigenvalue weighted by Gasteiger charge is 2.27. The molecule has 1 aliphatic carbocycles. The van der Waals surface area contributed by atoms with Crippen LogP contribution < -0.4 is 5.32 Å². The average molecular weight is 274 g/mol. The van der Waals surface area contributed by atoms with Gasteiger partial charge in [-0.3, -0.25) is 4.79 Å². The number of carbonyl (C=O) groups excluding carboxylic acids is 1. The molecule has 0 aromatic carbocycles. The molecule has 6 heteroatoms. The molecule has 2 aromatic heterocycles. The van der Waals surface area contributed by atoms with Gasteiger partial charge in [0.25, 0.3) is 0 Å². The summed E-state index contributed by atoms with van der Waals surface area (Å²) < 4.78 is 0. The molecule has 2 aromatic rings. The molecule has 1 saturated carbocycles. The molecule has 19 heavy (non-hydrogen) atoms. The van der Waals surface area contributed by atoms with Crippen LogP contribution >= 0.6 is 11.3 Å². The molecule has 0 unspecified atom stereocenters. The summed E-state index contributed by atoms with van der Waals surface area (Å²) >= 11 is 1.45. The zero-order valence-corrected chi connectivity index (χ0v) is 11.6. The van der Waals surface area contributed by atoms with Crippen LogP contribution in [0.1, 0.15) is 37.2 Å². The molecule has 0 bridgehead atoms. The quantitative estimate of drug-likeness (QED) is 0.934. The number of aryl methyl sites for hydroxylation is 1. The van der Waals surface area contributed by atoms with E-state index in [9.17, 15) is 4.79 Å². The molecule has 1 amide bonds. The molecule has 0 spiro atoms. The Morgan fingerprint density at radius 3 is 2.89 bits per heavy atom. The van der Waals surface area contributed by atoms with Crippen molar-refractivity contribution in [2.45, 2.75) is 32.6 Å². The lowest BCUT2D eigenvalue weighted by molar-refractivity contribution is -0.114.